The summed E-state index contributed by atoms with van der Waals surface area (Å²) in [5.41, 5.74) is 1.23. The van der Waals surface area contributed by atoms with Crippen molar-refractivity contribution in [1.29, 1.82) is 0 Å². The van der Waals surface area contributed by atoms with Crippen LogP contribution in [0.1, 0.15) is 48.0 Å². The van der Waals surface area contributed by atoms with Crippen molar-refractivity contribution in [2.24, 2.45) is 5.92 Å². The lowest BCUT2D eigenvalue weighted by molar-refractivity contribution is 0.0695. The number of furan rings is 1. The average Bonchev–Trinajstić information content (AvgIpc) is 3.21. The van der Waals surface area contributed by atoms with Gasteiger partial charge in [0.2, 0.25) is 5.43 Å². The third kappa shape index (κ3) is 3.82. The molecule has 5 nitrogen and oxygen atoms in total. The molecule has 0 saturated heterocycles. The van der Waals surface area contributed by atoms with Crippen molar-refractivity contribution in [2.45, 2.75) is 38.6 Å². The van der Waals surface area contributed by atoms with Gasteiger partial charge in [-0.15, -0.1) is 0 Å². The summed E-state index contributed by atoms with van der Waals surface area (Å²) in [6, 6.07) is 8.86. The standard InChI is InChI=1S/C22H23NO4/c24-21-18-8-4-5-9-20(18)27-15-19(21)22(25)23(13-17-10-11-26-14-17)12-16-6-2-1-3-7-16/h4-5,8-11,14-16H,1-3,6-7,12-13H2. The highest BCUT2D eigenvalue weighted by molar-refractivity contribution is 5.96. The lowest BCUT2D eigenvalue weighted by Gasteiger charge is -2.29. The summed E-state index contributed by atoms with van der Waals surface area (Å²) in [6.07, 6.45) is 10.5. The monoisotopic (exact) mass is 365 g/mol. The first-order chi connectivity index (χ1) is 13.2. The van der Waals surface area contributed by atoms with E-state index < -0.39 is 0 Å². The molecule has 0 atom stereocenters. The van der Waals surface area contributed by atoms with E-state index in [1.54, 1.807) is 41.7 Å². The van der Waals surface area contributed by atoms with Crippen LogP contribution in [0.5, 0.6) is 0 Å². The highest BCUT2D eigenvalue weighted by atomic mass is 16.3. The van der Waals surface area contributed by atoms with Crippen LogP contribution in [0.3, 0.4) is 0 Å². The van der Waals surface area contributed by atoms with Crippen molar-refractivity contribution in [3.63, 3.8) is 0 Å². The van der Waals surface area contributed by atoms with Gasteiger partial charge in [0.25, 0.3) is 5.91 Å². The zero-order valence-electron chi connectivity index (χ0n) is 15.2. The third-order valence-electron chi connectivity index (χ3n) is 5.35. The molecule has 5 heteroatoms. The van der Waals surface area contributed by atoms with Crippen molar-refractivity contribution in [3.8, 4) is 0 Å². The molecular formula is C22H23NO4. The van der Waals surface area contributed by atoms with Gasteiger partial charge in [-0.2, -0.15) is 0 Å². The van der Waals surface area contributed by atoms with Crippen molar-refractivity contribution < 1.29 is 13.6 Å². The molecule has 1 aliphatic rings. The number of hydrogen-bond donors (Lipinski definition) is 0. The Hall–Kier alpha value is -2.82. The van der Waals surface area contributed by atoms with Crippen molar-refractivity contribution in [1.82, 2.24) is 4.90 Å². The number of amides is 1. The van der Waals surface area contributed by atoms with Gasteiger partial charge in [0.1, 0.15) is 17.4 Å². The summed E-state index contributed by atoms with van der Waals surface area (Å²) < 4.78 is 10.7. The number of nitrogens with zero attached hydrogens (tertiary/aromatic N) is 1. The van der Waals surface area contributed by atoms with Crippen LogP contribution in [0.25, 0.3) is 11.0 Å². The van der Waals surface area contributed by atoms with E-state index in [1.165, 1.54) is 25.5 Å². The number of fused-ring (bicyclic) bond motifs is 1. The Labute approximate surface area is 157 Å². The van der Waals surface area contributed by atoms with Gasteiger partial charge in [-0.25, -0.2) is 0 Å². The molecule has 0 radical (unpaired) electrons. The van der Waals surface area contributed by atoms with Gasteiger partial charge in [-0.05, 0) is 37.0 Å². The largest absolute Gasteiger partial charge is 0.472 e. The van der Waals surface area contributed by atoms with Crippen molar-refractivity contribution in [2.75, 3.05) is 6.54 Å². The van der Waals surface area contributed by atoms with E-state index in [-0.39, 0.29) is 16.9 Å². The quantitative estimate of drug-likeness (QED) is 0.662. The molecule has 27 heavy (non-hydrogen) atoms. The van der Waals surface area contributed by atoms with Gasteiger partial charge in [0.05, 0.1) is 17.9 Å². The topological polar surface area (TPSA) is 63.7 Å². The number of para-hydroxylation sites is 1. The average molecular weight is 365 g/mol. The van der Waals surface area contributed by atoms with E-state index in [4.69, 9.17) is 8.83 Å². The maximum Gasteiger partial charge on any atom is 0.261 e. The molecule has 0 N–H and O–H groups in total. The predicted molar refractivity (Wildman–Crippen MR) is 103 cm³/mol. The number of hydrogen-bond acceptors (Lipinski definition) is 4. The first kappa shape index (κ1) is 17.6. The van der Waals surface area contributed by atoms with Gasteiger partial charge in [0.15, 0.2) is 0 Å². The van der Waals surface area contributed by atoms with E-state index in [9.17, 15) is 9.59 Å². The Morgan fingerprint density at radius 1 is 1.07 bits per heavy atom. The molecule has 1 aliphatic carbocycles. The Bertz CT molecular complexity index is 967. The maximum atomic E-state index is 13.2. The Kier molecular flexibility index (Phi) is 5.10. The van der Waals surface area contributed by atoms with E-state index >= 15 is 0 Å². The molecule has 1 fully saturated rings. The molecule has 0 unspecified atom stereocenters. The number of rotatable bonds is 5. The molecular weight excluding hydrogens is 342 g/mol. The fourth-order valence-electron chi connectivity index (χ4n) is 3.90. The van der Waals surface area contributed by atoms with Gasteiger partial charge in [-0.1, -0.05) is 31.4 Å². The molecule has 4 rings (SSSR count). The van der Waals surface area contributed by atoms with E-state index in [0.717, 1.165) is 18.4 Å². The molecule has 2 heterocycles. The molecule has 1 aromatic carbocycles. The van der Waals surface area contributed by atoms with Crippen molar-refractivity contribution in [3.05, 3.63) is 70.5 Å². The smallest absolute Gasteiger partial charge is 0.261 e. The number of benzene rings is 1. The van der Waals surface area contributed by atoms with Crippen LogP contribution in [-0.4, -0.2) is 17.4 Å². The summed E-state index contributed by atoms with van der Waals surface area (Å²) in [4.78, 5) is 27.9. The fraction of sp³-hybridized carbons (Fsp3) is 0.364. The Morgan fingerprint density at radius 3 is 2.67 bits per heavy atom. The van der Waals surface area contributed by atoms with Crippen LogP contribution in [0, 0.1) is 5.92 Å². The van der Waals surface area contributed by atoms with Gasteiger partial charge in [-0.3, -0.25) is 9.59 Å². The number of carbonyl (C=O) groups excluding carboxylic acids is 1. The highest BCUT2D eigenvalue weighted by Crippen LogP contribution is 2.25. The Morgan fingerprint density at radius 2 is 1.89 bits per heavy atom. The molecule has 0 spiro atoms. The molecule has 2 aromatic heterocycles. The second-order valence-corrected chi connectivity index (χ2v) is 7.30. The summed E-state index contributed by atoms with van der Waals surface area (Å²) >= 11 is 0. The lowest BCUT2D eigenvalue weighted by atomic mass is 9.88. The molecule has 140 valence electrons. The normalized spacial score (nSPS) is 15.1. The molecule has 1 amide bonds. The van der Waals surface area contributed by atoms with Gasteiger partial charge >= 0.3 is 0 Å². The Balaban J connectivity index is 1.64. The minimum atomic E-state index is -0.277. The third-order valence-corrected chi connectivity index (χ3v) is 5.35. The predicted octanol–water partition coefficient (Wildman–Crippen LogP) is 4.61. The van der Waals surface area contributed by atoms with Crippen LogP contribution in [0.15, 0.2) is 62.8 Å². The fourth-order valence-corrected chi connectivity index (χ4v) is 3.90. The minimum Gasteiger partial charge on any atom is -0.472 e. The summed E-state index contributed by atoms with van der Waals surface area (Å²) in [5, 5.41) is 0.435. The number of carbonyl (C=O) groups is 1. The van der Waals surface area contributed by atoms with Crippen LogP contribution in [0.4, 0.5) is 0 Å². The SMILES string of the molecule is O=C(c1coc2ccccc2c1=O)N(Cc1ccoc1)CC1CCCCC1. The minimum absolute atomic E-state index is 0.0907. The van der Waals surface area contributed by atoms with Crippen LogP contribution < -0.4 is 5.43 Å². The summed E-state index contributed by atoms with van der Waals surface area (Å²) in [6.45, 7) is 1.08. The van der Waals surface area contributed by atoms with E-state index in [2.05, 4.69) is 0 Å². The highest BCUT2D eigenvalue weighted by Gasteiger charge is 2.25. The van der Waals surface area contributed by atoms with E-state index in [0.29, 0.717) is 30.0 Å². The van der Waals surface area contributed by atoms with Crippen LogP contribution >= 0.6 is 0 Å². The zero-order valence-corrected chi connectivity index (χ0v) is 15.2. The van der Waals surface area contributed by atoms with Gasteiger partial charge in [0, 0.05) is 18.7 Å². The van der Waals surface area contributed by atoms with E-state index in [1.807, 2.05) is 6.07 Å². The first-order valence-corrected chi connectivity index (χ1v) is 9.53. The second kappa shape index (κ2) is 7.82. The molecule has 3 aromatic rings. The molecule has 0 aliphatic heterocycles. The van der Waals surface area contributed by atoms with Crippen LogP contribution in [0.2, 0.25) is 0 Å². The zero-order chi connectivity index (χ0) is 18.6. The van der Waals surface area contributed by atoms with Crippen LogP contribution in [-0.2, 0) is 6.54 Å². The maximum absolute atomic E-state index is 13.2. The summed E-state index contributed by atoms with van der Waals surface area (Å²) in [5.74, 6) is 0.198. The van der Waals surface area contributed by atoms with Gasteiger partial charge < -0.3 is 13.7 Å². The second-order valence-electron chi connectivity index (χ2n) is 7.30. The van der Waals surface area contributed by atoms with Crippen molar-refractivity contribution >= 4 is 16.9 Å². The molecule has 0 bridgehead atoms. The lowest BCUT2D eigenvalue weighted by Crippen LogP contribution is -2.37. The first-order valence-electron chi connectivity index (χ1n) is 9.53. The summed E-state index contributed by atoms with van der Waals surface area (Å²) in [7, 11) is 0. The molecule has 1 saturated carbocycles.